The van der Waals surface area contributed by atoms with Crippen molar-refractivity contribution in [3.8, 4) is 0 Å². The van der Waals surface area contributed by atoms with Crippen molar-refractivity contribution in [3.63, 3.8) is 0 Å². The van der Waals surface area contributed by atoms with E-state index in [9.17, 15) is 14.9 Å². The van der Waals surface area contributed by atoms with E-state index in [1.54, 1.807) is 0 Å². The summed E-state index contributed by atoms with van der Waals surface area (Å²) in [6.45, 7) is 5.99. The number of benzene rings is 1. The van der Waals surface area contributed by atoms with E-state index in [1.807, 2.05) is 0 Å². The number of nitrogens with zero attached hydrogens (tertiary/aromatic N) is 1. The van der Waals surface area contributed by atoms with Gasteiger partial charge in [0.2, 0.25) is 0 Å². The van der Waals surface area contributed by atoms with Crippen molar-refractivity contribution in [2.24, 2.45) is 5.92 Å². The summed E-state index contributed by atoms with van der Waals surface area (Å²) in [4.78, 5) is 21.6. The van der Waals surface area contributed by atoms with Crippen molar-refractivity contribution < 1.29 is 14.5 Å². The monoisotopic (exact) mass is 295 g/mol. The van der Waals surface area contributed by atoms with Crippen LogP contribution in [0.2, 0.25) is 0 Å². The van der Waals surface area contributed by atoms with Gasteiger partial charge in [-0.25, -0.2) is 4.79 Å². The normalized spacial score (nSPS) is 10.4. The molecule has 0 bridgehead atoms. The number of rotatable bonds is 8. The molecule has 0 unspecified atom stereocenters. The number of urea groups is 1. The van der Waals surface area contributed by atoms with Gasteiger partial charge in [-0.05, 0) is 24.5 Å². The minimum Gasteiger partial charge on any atom is -0.381 e. The van der Waals surface area contributed by atoms with E-state index in [1.165, 1.54) is 24.3 Å². The Labute approximate surface area is 123 Å². The molecule has 21 heavy (non-hydrogen) atoms. The zero-order valence-corrected chi connectivity index (χ0v) is 12.3. The number of nitro benzene ring substituents is 1. The number of hydrogen-bond acceptors (Lipinski definition) is 4. The SMILES string of the molecule is CC(C)COCCCNC(=O)Nc1ccc([N+](=O)[O-])cc1. The van der Waals surface area contributed by atoms with E-state index in [4.69, 9.17) is 4.74 Å². The summed E-state index contributed by atoms with van der Waals surface area (Å²) in [5, 5.41) is 15.8. The molecule has 2 amide bonds. The highest BCUT2D eigenvalue weighted by molar-refractivity contribution is 5.89. The standard InChI is InChI=1S/C14H21N3O4/c1-11(2)10-21-9-3-8-15-14(18)16-12-4-6-13(7-5-12)17(19)20/h4-7,11H,3,8-10H2,1-2H3,(H2,15,16,18). The fourth-order valence-electron chi connectivity index (χ4n) is 1.54. The van der Waals surface area contributed by atoms with Crippen molar-refractivity contribution in [2.75, 3.05) is 25.1 Å². The first-order valence-corrected chi connectivity index (χ1v) is 6.86. The largest absolute Gasteiger partial charge is 0.381 e. The van der Waals surface area contributed by atoms with Crippen LogP contribution in [-0.4, -0.2) is 30.7 Å². The van der Waals surface area contributed by atoms with Crippen LogP contribution in [0.5, 0.6) is 0 Å². The second kappa shape index (κ2) is 8.91. The molecule has 2 N–H and O–H groups in total. The predicted octanol–water partition coefficient (Wildman–Crippen LogP) is 2.78. The van der Waals surface area contributed by atoms with Gasteiger partial charge in [-0.1, -0.05) is 13.8 Å². The maximum absolute atomic E-state index is 11.6. The van der Waals surface area contributed by atoms with Crippen LogP contribution in [0, 0.1) is 16.0 Å². The van der Waals surface area contributed by atoms with Gasteiger partial charge in [0.15, 0.2) is 0 Å². The van der Waals surface area contributed by atoms with Gasteiger partial charge < -0.3 is 15.4 Å². The van der Waals surface area contributed by atoms with Gasteiger partial charge in [0.05, 0.1) is 4.92 Å². The Morgan fingerprint density at radius 2 is 2.00 bits per heavy atom. The highest BCUT2D eigenvalue weighted by Crippen LogP contribution is 2.15. The molecule has 0 radical (unpaired) electrons. The van der Waals surface area contributed by atoms with Crippen LogP contribution < -0.4 is 10.6 Å². The molecule has 1 rings (SSSR count). The Bertz CT molecular complexity index is 460. The highest BCUT2D eigenvalue weighted by atomic mass is 16.6. The van der Waals surface area contributed by atoms with E-state index in [2.05, 4.69) is 24.5 Å². The topological polar surface area (TPSA) is 93.5 Å². The minimum absolute atomic E-state index is 0.0109. The zero-order chi connectivity index (χ0) is 15.7. The quantitative estimate of drug-likeness (QED) is 0.438. The molecule has 7 nitrogen and oxygen atoms in total. The third-order valence-electron chi connectivity index (χ3n) is 2.54. The van der Waals surface area contributed by atoms with Gasteiger partial charge in [0.25, 0.3) is 5.69 Å². The third-order valence-corrected chi connectivity index (χ3v) is 2.54. The maximum Gasteiger partial charge on any atom is 0.319 e. The average molecular weight is 295 g/mol. The van der Waals surface area contributed by atoms with Gasteiger partial charge >= 0.3 is 6.03 Å². The first-order chi connectivity index (χ1) is 9.99. The molecule has 0 atom stereocenters. The van der Waals surface area contributed by atoms with Crippen LogP contribution >= 0.6 is 0 Å². The van der Waals surface area contributed by atoms with Crippen LogP contribution in [0.4, 0.5) is 16.2 Å². The maximum atomic E-state index is 11.6. The molecule has 0 saturated carbocycles. The summed E-state index contributed by atoms with van der Waals surface area (Å²) in [6.07, 6.45) is 0.737. The fourth-order valence-corrected chi connectivity index (χ4v) is 1.54. The smallest absolute Gasteiger partial charge is 0.319 e. The van der Waals surface area contributed by atoms with Crippen LogP contribution in [0.1, 0.15) is 20.3 Å². The number of carbonyl (C=O) groups excluding carboxylic acids is 1. The molecule has 0 aliphatic carbocycles. The number of anilines is 1. The van der Waals surface area contributed by atoms with Gasteiger partial charge in [-0.2, -0.15) is 0 Å². The Hall–Kier alpha value is -2.15. The summed E-state index contributed by atoms with van der Waals surface area (Å²) in [7, 11) is 0. The number of amides is 2. The highest BCUT2D eigenvalue weighted by Gasteiger charge is 2.05. The minimum atomic E-state index is -0.485. The predicted molar refractivity (Wildman–Crippen MR) is 80.4 cm³/mol. The van der Waals surface area contributed by atoms with E-state index in [-0.39, 0.29) is 11.7 Å². The zero-order valence-electron chi connectivity index (χ0n) is 12.3. The van der Waals surface area contributed by atoms with Gasteiger partial charge in [-0.3, -0.25) is 10.1 Å². The Morgan fingerprint density at radius 3 is 2.57 bits per heavy atom. The number of ether oxygens (including phenoxy) is 1. The second-order valence-electron chi connectivity index (χ2n) is 5.01. The fraction of sp³-hybridized carbons (Fsp3) is 0.500. The molecule has 116 valence electrons. The van der Waals surface area contributed by atoms with Crippen molar-refractivity contribution in [2.45, 2.75) is 20.3 Å². The van der Waals surface area contributed by atoms with E-state index >= 15 is 0 Å². The number of hydrogen-bond donors (Lipinski definition) is 2. The van der Waals surface area contributed by atoms with Crippen molar-refractivity contribution in [1.29, 1.82) is 0 Å². The van der Waals surface area contributed by atoms with Crippen molar-refractivity contribution in [1.82, 2.24) is 5.32 Å². The molecule has 0 heterocycles. The van der Waals surface area contributed by atoms with Crippen LogP contribution in [0.25, 0.3) is 0 Å². The molecule has 0 spiro atoms. The lowest BCUT2D eigenvalue weighted by molar-refractivity contribution is -0.384. The van der Waals surface area contributed by atoms with Crippen molar-refractivity contribution in [3.05, 3.63) is 34.4 Å². The number of nitro groups is 1. The van der Waals surface area contributed by atoms with Crippen molar-refractivity contribution >= 4 is 17.4 Å². The van der Waals surface area contributed by atoms with Crippen LogP contribution in [0.15, 0.2) is 24.3 Å². The molecule has 7 heteroatoms. The molecule has 0 fully saturated rings. The molecular formula is C14H21N3O4. The van der Waals surface area contributed by atoms with Crippen LogP contribution in [-0.2, 0) is 4.74 Å². The number of nitrogens with one attached hydrogen (secondary N) is 2. The van der Waals surface area contributed by atoms with E-state index in [0.29, 0.717) is 24.8 Å². The number of non-ortho nitro benzene ring substituents is 1. The third kappa shape index (κ3) is 7.26. The first kappa shape index (κ1) is 16.9. The lowest BCUT2D eigenvalue weighted by Gasteiger charge is -2.09. The lowest BCUT2D eigenvalue weighted by Crippen LogP contribution is -2.30. The Kier molecular flexibility index (Phi) is 7.17. The molecule has 0 aliphatic heterocycles. The lowest BCUT2D eigenvalue weighted by atomic mass is 10.2. The van der Waals surface area contributed by atoms with E-state index < -0.39 is 4.92 Å². The molecule has 0 aliphatic rings. The first-order valence-electron chi connectivity index (χ1n) is 6.86. The number of carbonyl (C=O) groups is 1. The van der Waals surface area contributed by atoms with E-state index in [0.717, 1.165) is 13.0 Å². The summed E-state index contributed by atoms with van der Waals surface area (Å²) in [5.74, 6) is 0.503. The molecule has 0 aromatic heterocycles. The van der Waals surface area contributed by atoms with Gasteiger partial charge in [0.1, 0.15) is 0 Å². The summed E-state index contributed by atoms with van der Waals surface area (Å²) in [5.41, 5.74) is 0.498. The summed E-state index contributed by atoms with van der Waals surface area (Å²) in [6, 6.07) is 5.32. The Balaban J connectivity index is 2.20. The van der Waals surface area contributed by atoms with Crippen LogP contribution in [0.3, 0.4) is 0 Å². The Morgan fingerprint density at radius 1 is 1.33 bits per heavy atom. The average Bonchev–Trinajstić information content (AvgIpc) is 2.43. The van der Waals surface area contributed by atoms with Gasteiger partial charge in [-0.15, -0.1) is 0 Å². The molecule has 1 aromatic carbocycles. The molecular weight excluding hydrogens is 274 g/mol. The summed E-state index contributed by atoms with van der Waals surface area (Å²) >= 11 is 0. The molecule has 0 saturated heterocycles. The van der Waals surface area contributed by atoms with Gasteiger partial charge in [0, 0.05) is 37.6 Å². The second-order valence-corrected chi connectivity index (χ2v) is 5.01. The summed E-state index contributed by atoms with van der Waals surface area (Å²) < 4.78 is 5.40. The molecule has 1 aromatic rings.